The molecule has 0 radical (unpaired) electrons. The van der Waals surface area contributed by atoms with E-state index in [1.54, 1.807) is 4.68 Å². The fraction of sp³-hybridized carbons (Fsp3) is 0.357. The summed E-state index contributed by atoms with van der Waals surface area (Å²) in [5.41, 5.74) is 2.77. The van der Waals surface area contributed by atoms with Gasteiger partial charge in [0.25, 0.3) is 0 Å². The van der Waals surface area contributed by atoms with Gasteiger partial charge >= 0.3 is 0 Å². The van der Waals surface area contributed by atoms with E-state index in [1.165, 1.54) is 0 Å². The number of aliphatic hydroxyl groups is 1. The molecule has 1 aromatic carbocycles. The summed E-state index contributed by atoms with van der Waals surface area (Å²) < 4.78 is 1.74. The van der Waals surface area contributed by atoms with Gasteiger partial charge in [-0.05, 0) is 24.1 Å². The van der Waals surface area contributed by atoms with E-state index in [0.717, 1.165) is 23.4 Å². The molecular formula is C14H17ClN2O. The SMILES string of the molecule is CCc1cc(C(O)Cc2ccccc2Cl)n(C)n1. The maximum Gasteiger partial charge on any atom is 0.0997 e. The quantitative estimate of drug-likeness (QED) is 0.922. The van der Waals surface area contributed by atoms with Gasteiger partial charge in [0, 0.05) is 18.5 Å². The molecule has 0 bridgehead atoms. The average molecular weight is 265 g/mol. The van der Waals surface area contributed by atoms with E-state index in [1.807, 2.05) is 44.3 Å². The fourth-order valence-corrected chi connectivity index (χ4v) is 2.22. The molecule has 1 unspecified atom stereocenters. The van der Waals surface area contributed by atoms with E-state index in [2.05, 4.69) is 5.10 Å². The lowest BCUT2D eigenvalue weighted by atomic mass is 10.1. The maximum atomic E-state index is 10.3. The second-order valence-corrected chi connectivity index (χ2v) is 4.76. The van der Waals surface area contributed by atoms with Crippen LogP contribution in [-0.2, 0) is 19.9 Å². The third-order valence-electron chi connectivity index (χ3n) is 3.04. The number of nitrogens with zero attached hydrogens (tertiary/aromatic N) is 2. The number of benzene rings is 1. The number of aryl methyl sites for hydroxylation is 2. The van der Waals surface area contributed by atoms with Gasteiger partial charge in [0.15, 0.2) is 0 Å². The van der Waals surface area contributed by atoms with Crippen molar-refractivity contribution < 1.29 is 5.11 Å². The molecule has 0 aliphatic heterocycles. The first-order chi connectivity index (χ1) is 8.61. The zero-order valence-electron chi connectivity index (χ0n) is 10.6. The van der Waals surface area contributed by atoms with Crippen LogP contribution < -0.4 is 0 Å². The van der Waals surface area contributed by atoms with Crippen LogP contribution in [0.2, 0.25) is 5.02 Å². The minimum atomic E-state index is -0.581. The second-order valence-electron chi connectivity index (χ2n) is 4.35. The fourth-order valence-electron chi connectivity index (χ4n) is 2.00. The summed E-state index contributed by atoms with van der Waals surface area (Å²) in [7, 11) is 1.85. The van der Waals surface area contributed by atoms with E-state index >= 15 is 0 Å². The van der Waals surface area contributed by atoms with Crippen molar-refractivity contribution in [1.82, 2.24) is 9.78 Å². The van der Waals surface area contributed by atoms with Gasteiger partial charge in [-0.1, -0.05) is 36.7 Å². The lowest BCUT2D eigenvalue weighted by molar-refractivity contribution is 0.168. The molecule has 0 aliphatic rings. The predicted octanol–water partition coefficient (Wildman–Crippen LogP) is 2.91. The van der Waals surface area contributed by atoms with Crippen LogP contribution >= 0.6 is 11.6 Å². The molecule has 0 saturated carbocycles. The highest BCUT2D eigenvalue weighted by atomic mass is 35.5. The summed E-state index contributed by atoms with van der Waals surface area (Å²) in [4.78, 5) is 0. The lowest BCUT2D eigenvalue weighted by Crippen LogP contribution is -2.08. The van der Waals surface area contributed by atoms with Crippen molar-refractivity contribution in [2.24, 2.45) is 7.05 Å². The summed E-state index contributed by atoms with van der Waals surface area (Å²) in [5.74, 6) is 0. The second kappa shape index (κ2) is 5.55. The van der Waals surface area contributed by atoms with E-state index in [9.17, 15) is 5.11 Å². The van der Waals surface area contributed by atoms with Crippen molar-refractivity contribution in [3.8, 4) is 0 Å². The molecule has 1 N–H and O–H groups in total. The highest BCUT2D eigenvalue weighted by molar-refractivity contribution is 6.31. The minimum absolute atomic E-state index is 0.502. The average Bonchev–Trinajstić information content (AvgIpc) is 2.73. The van der Waals surface area contributed by atoms with Crippen LogP contribution in [0.1, 0.15) is 30.0 Å². The third-order valence-corrected chi connectivity index (χ3v) is 3.41. The molecule has 2 rings (SSSR count). The van der Waals surface area contributed by atoms with Crippen molar-refractivity contribution in [3.05, 3.63) is 52.3 Å². The number of aromatic nitrogens is 2. The molecule has 1 heterocycles. The Hall–Kier alpha value is -1.32. The van der Waals surface area contributed by atoms with Crippen LogP contribution in [0.3, 0.4) is 0 Å². The summed E-state index contributed by atoms with van der Waals surface area (Å²) in [6.07, 6.45) is 0.789. The van der Waals surface area contributed by atoms with Gasteiger partial charge in [0.2, 0.25) is 0 Å². The van der Waals surface area contributed by atoms with Gasteiger partial charge in [-0.3, -0.25) is 4.68 Å². The van der Waals surface area contributed by atoms with Crippen molar-refractivity contribution >= 4 is 11.6 Å². The van der Waals surface area contributed by atoms with Gasteiger partial charge < -0.3 is 5.11 Å². The number of aliphatic hydroxyl groups excluding tert-OH is 1. The molecule has 3 nitrogen and oxygen atoms in total. The van der Waals surface area contributed by atoms with Crippen molar-refractivity contribution in [1.29, 1.82) is 0 Å². The van der Waals surface area contributed by atoms with Gasteiger partial charge in [0.1, 0.15) is 0 Å². The smallest absolute Gasteiger partial charge is 0.0997 e. The van der Waals surface area contributed by atoms with Crippen molar-refractivity contribution in [3.63, 3.8) is 0 Å². The largest absolute Gasteiger partial charge is 0.386 e. The first-order valence-corrected chi connectivity index (χ1v) is 6.44. The molecule has 2 aromatic rings. The Bertz CT molecular complexity index is 536. The number of halogens is 1. The molecule has 0 amide bonds. The zero-order valence-corrected chi connectivity index (χ0v) is 11.4. The van der Waals surface area contributed by atoms with Crippen LogP contribution in [0.4, 0.5) is 0 Å². The van der Waals surface area contributed by atoms with Crippen LogP contribution in [0.15, 0.2) is 30.3 Å². The van der Waals surface area contributed by atoms with E-state index < -0.39 is 6.10 Å². The monoisotopic (exact) mass is 264 g/mol. The topological polar surface area (TPSA) is 38.0 Å². The van der Waals surface area contributed by atoms with Crippen molar-refractivity contribution in [2.75, 3.05) is 0 Å². The van der Waals surface area contributed by atoms with E-state index in [-0.39, 0.29) is 0 Å². The zero-order chi connectivity index (χ0) is 13.1. The van der Waals surface area contributed by atoms with Crippen LogP contribution in [0.25, 0.3) is 0 Å². The van der Waals surface area contributed by atoms with Gasteiger partial charge in [-0.25, -0.2) is 0 Å². The Morgan fingerprint density at radius 3 is 2.72 bits per heavy atom. The Kier molecular flexibility index (Phi) is 4.04. The summed E-state index contributed by atoms with van der Waals surface area (Å²) in [5, 5.41) is 15.3. The first kappa shape index (κ1) is 13.1. The maximum absolute atomic E-state index is 10.3. The number of hydrogen-bond donors (Lipinski definition) is 1. The lowest BCUT2D eigenvalue weighted by Gasteiger charge is -2.11. The van der Waals surface area contributed by atoms with E-state index in [4.69, 9.17) is 11.6 Å². The van der Waals surface area contributed by atoms with Crippen molar-refractivity contribution in [2.45, 2.75) is 25.9 Å². The number of hydrogen-bond acceptors (Lipinski definition) is 2. The minimum Gasteiger partial charge on any atom is -0.386 e. The van der Waals surface area contributed by atoms with Gasteiger partial charge in [-0.15, -0.1) is 0 Å². The molecule has 1 aromatic heterocycles. The summed E-state index contributed by atoms with van der Waals surface area (Å²) >= 11 is 6.09. The third kappa shape index (κ3) is 2.74. The molecule has 0 spiro atoms. The Labute approximate surface area is 112 Å². The van der Waals surface area contributed by atoms with Crippen LogP contribution in [0, 0.1) is 0 Å². The Balaban J connectivity index is 2.19. The normalized spacial score (nSPS) is 12.7. The summed E-state index contributed by atoms with van der Waals surface area (Å²) in [6.45, 7) is 2.05. The number of rotatable bonds is 4. The highest BCUT2D eigenvalue weighted by Gasteiger charge is 2.15. The standard InChI is InChI=1S/C14H17ClN2O/c1-3-11-9-13(17(2)16-11)14(18)8-10-6-4-5-7-12(10)15/h4-7,9,14,18H,3,8H2,1-2H3. The highest BCUT2D eigenvalue weighted by Crippen LogP contribution is 2.23. The van der Waals surface area contributed by atoms with E-state index in [0.29, 0.717) is 11.4 Å². The molecular weight excluding hydrogens is 248 g/mol. The summed E-state index contributed by atoms with van der Waals surface area (Å²) in [6, 6.07) is 9.53. The van der Waals surface area contributed by atoms with Gasteiger partial charge in [0.05, 0.1) is 17.5 Å². The van der Waals surface area contributed by atoms with Crippen LogP contribution in [-0.4, -0.2) is 14.9 Å². The molecule has 0 saturated heterocycles. The Morgan fingerprint density at radius 2 is 2.11 bits per heavy atom. The molecule has 96 valence electrons. The molecule has 18 heavy (non-hydrogen) atoms. The Morgan fingerprint density at radius 1 is 1.39 bits per heavy atom. The molecule has 1 atom stereocenters. The first-order valence-electron chi connectivity index (χ1n) is 6.06. The predicted molar refractivity (Wildman–Crippen MR) is 72.7 cm³/mol. The van der Waals surface area contributed by atoms with Crippen LogP contribution in [0.5, 0.6) is 0 Å². The molecule has 0 aliphatic carbocycles. The molecule has 4 heteroatoms. The molecule has 0 fully saturated rings. The van der Waals surface area contributed by atoms with Gasteiger partial charge in [-0.2, -0.15) is 5.10 Å².